The summed E-state index contributed by atoms with van der Waals surface area (Å²) in [5.41, 5.74) is 0.689. The number of likely N-dealkylation sites (N-methyl/N-ethyl adjacent to an activating group) is 1. The minimum atomic E-state index is -0.416. The van der Waals surface area contributed by atoms with Crippen molar-refractivity contribution < 1.29 is 14.6 Å². The fourth-order valence-electron chi connectivity index (χ4n) is 2.04. The Morgan fingerprint density at radius 2 is 2.30 bits per heavy atom. The summed E-state index contributed by atoms with van der Waals surface area (Å²) in [4.78, 5) is 13.5. The van der Waals surface area contributed by atoms with Crippen LogP contribution < -0.4 is 10.1 Å². The fraction of sp³-hybridized carbons (Fsp3) is 0.533. The molecule has 0 radical (unpaired) electrons. The maximum absolute atomic E-state index is 12.0. The molecular weight excluding hydrogens is 256 g/mol. The first-order valence-corrected chi connectivity index (χ1v) is 7.03. The van der Waals surface area contributed by atoms with Gasteiger partial charge in [0.05, 0.1) is 12.7 Å². The van der Waals surface area contributed by atoms with Crippen LogP contribution in [0.25, 0.3) is 0 Å². The van der Waals surface area contributed by atoms with E-state index in [1.165, 1.54) is 4.90 Å². The predicted molar refractivity (Wildman–Crippen MR) is 78.0 cm³/mol. The van der Waals surface area contributed by atoms with Crippen LogP contribution in [0.2, 0.25) is 0 Å². The molecule has 2 N–H and O–H groups in total. The lowest BCUT2D eigenvalue weighted by molar-refractivity contribution is 0.117. The van der Waals surface area contributed by atoms with E-state index < -0.39 is 6.10 Å². The fourth-order valence-corrected chi connectivity index (χ4v) is 2.04. The molecule has 110 valence electrons. The molecule has 1 aromatic carbocycles. The molecule has 1 atom stereocenters. The summed E-state index contributed by atoms with van der Waals surface area (Å²) in [6.45, 7) is 2.87. The Morgan fingerprint density at radius 3 is 2.95 bits per heavy atom. The van der Waals surface area contributed by atoms with Crippen molar-refractivity contribution >= 4 is 11.7 Å². The van der Waals surface area contributed by atoms with Gasteiger partial charge in [0, 0.05) is 25.3 Å². The molecule has 0 saturated heterocycles. The molecule has 0 aromatic heterocycles. The van der Waals surface area contributed by atoms with Gasteiger partial charge >= 0.3 is 6.03 Å². The lowest BCUT2D eigenvalue weighted by Gasteiger charge is -2.21. The summed E-state index contributed by atoms with van der Waals surface area (Å²) in [6.07, 6.45) is 1.71. The van der Waals surface area contributed by atoms with Crippen LogP contribution in [-0.2, 0) is 0 Å². The van der Waals surface area contributed by atoms with Gasteiger partial charge in [-0.3, -0.25) is 0 Å². The third kappa shape index (κ3) is 4.13. The van der Waals surface area contributed by atoms with Crippen molar-refractivity contribution in [2.45, 2.75) is 25.9 Å². The Bertz CT molecular complexity index is 460. The second kappa shape index (κ2) is 6.61. The van der Waals surface area contributed by atoms with Gasteiger partial charge in [0.25, 0.3) is 0 Å². The highest BCUT2D eigenvalue weighted by Crippen LogP contribution is 2.32. The highest BCUT2D eigenvalue weighted by atomic mass is 16.5. The molecule has 1 fully saturated rings. The van der Waals surface area contributed by atoms with Crippen LogP contribution in [0.4, 0.5) is 10.5 Å². The van der Waals surface area contributed by atoms with Gasteiger partial charge in [-0.25, -0.2) is 4.79 Å². The van der Waals surface area contributed by atoms with Gasteiger partial charge in [0.1, 0.15) is 5.75 Å². The Labute approximate surface area is 119 Å². The van der Waals surface area contributed by atoms with E-state index >= 15 is 0 Å². The van der Waals surface area contributed by atoms with E-state index in [0.29, 0.717) is 24.8 Å². The van der Waals surface area contributed by atoms with Gasteiger partial charge in [-0.15, -0.1) is 0 Å². The number of hydrogen-bond acceptors (Lipinski definition) is 3. The summed E-state index contributed by atoms with van der Waals surface area (Å²) < 4.78 is 5.39. The molecule has 5 nitrogen and oxygen atoms in total. The normalized spacial score (nSPS) is 15.6. The summed E-state index contributed by atoms with van der Waals surface area (Å²) in [6, 6.07) is 7.05. The van der Waals surface area contributed by atoms with Crippen molar-refractivity contribution in [3.05, 3.63) is 24.3 Å². The standard InChI is InChI=1S/C15H22N2O3/c1-3-20-13-6-4-5-12(9-13)16-15(19)17(2)10-14(18)11-7-8-11/h4-6,9,11,14,18H,3,7-8,10H2,1-2H3,(H,16,19). The van der Waals surface area contributed by atoms with Crippen molar-refractivity contribution in [2.24, 2.45) is 5.92 Å². The smallest absolute Gasteiger partial charge is 0.321 e. The van der Waals surface area contributed by atoms with Crippen molar-refractivity contribution in [3.63, 3.8) is 0 Å². The van der Waals surface area contributed by atoms with Crippen LogP contribution in [0.5, 0.6) is 5.75 Å². The van der Waals surface area contributed by atoms with Gasteiger partial charge in [-0.2, -0.15) is 0 Å². The summed E-state index contributed by atoms with van der Waals surface area (Å²) in [7, 11) is 1.69. The van der Waals surface area contributed by atoms with E-state index in [1.807, 2.05) is 25.1 Å². The number of carbonyl (C=O) groups excluding carboxylic acids is 1. The number of rotatable bonds is 6. The van der Waals surface area contributed by atoms with Crippen LogP contribution in [0.1, 0.15) is 19.8 Å². The molecule has 2 rings (SSSR count). The Hall–Kier alpha value is -1.75. The van der Waals surface area contributed by atoms with Gasteiger partial charge in [0.2, 0.25) is 0 Å². The number of urea groups is 1. The SMILES string of the molecule is CCOc1cccc(NC(=O)N(C)CC(O)C2CC2)c1. The van der Waals surface area contributed by atoms with Crippen molar-refractivity contribution in [3.8, 4) is 5.75 Å². The van der Waals surface area contributed by atoms with Crippen molar-refractivity contribution in [1.82, 2.24) is 4.90 Å². The molecule has 1 aliphatic rings. The van der Waals surface area contributed by atoms with Gasteiger partial charge in [-0.05, 0) is 37.8 Å². The molecule has 20 heavy (non-hydrogen) atoms. The van der Waals surface area contributed by atoms with Gasteiger partial charge in [-0.1, -0.05) is 6.07 Å². The number of carbonyl (C=O) groups is 1. The van der Waals surface area contributed by atoms with E-state index in [0.717, 1.165) is 18.6 Å². The zero-order valence-electron chi connectivity index (χ0n) is 12.0. The van der Waals surface area contributed by atoms with Crippen LogP contribution in [0.15, 0.2) is 24.3 Å². The summed E-state index contributed by atoms with van der Waals surface area (Å²) in [5, 5.41) is 12.6. The van der Waals surface area contributed by atoms with E-state index in [4.69, 9.17) is 4.74 Å². The summed E-state index contributed by atoms with van der Waals surface area (Å²) in [5.74, 6) is 1.09. The first-order valence-electron chi connectivity index (χ1n) is 7.03. The zero-order valence-corrected chi connectivity index (χ0v) is 12.0. The molecular formula is C15H22N2O3. The number of amides is 2. The first-order chi connectivity index (χ1) is 9.60. The number of aliphatic hydroxyl groups excluding tert-OH is 1. The van der Waals surface area contributed by atoms with Crippen LogP contribution in [-0.4, -0.2) is 42.3 Å². The lowest BCUT2D eigenvalue weighted by atomic mass is 10.2. The molecule has 0 heterocycles. The molecule has 0 bridgehead atoms. The average molecular weight is 278 g/mol. The topological polar surface area (TPSA) is 61.8 Å². The molecule has 1 unspecified atom stereocenters. The highest BCUT2D eigenvalue weighted by molar-refractivity contribution is 5.89. The third-order valence-corrected chi connectivity index (χ3v) is 3.37. The second-order valence-corrected chi connectivity index (χ2v) is 5.18. The van der Waals surface area contributed by atoms with Gasteiger partial charge < -0.3 is 20.1 Å². The van der Waals surface area contributed by atoms with Crippen LogP contribution >= 0.6 is 0 Å². The van der Waals surface area contributed by atoms with Crippen molar-refractivity contribution in [1.29, 1.82) is 0 Å². The third-order valence-electron chi connectivity index (χ3n) is 3.37. The predicted octanol–water partition coefficient (Wildman–Crippen LogP) is 2.32. The monoisotopic (exact) mass is 278 g/mol. The quantitative estimate of drug-likeness (QED) is 0.839. The van der Waals surface area contributed by atoms with E-state index in [2.05, 4.69) is 5.32 Å². The second-order valence-electron chi connectivity index (χ2n) is 5.18. The minimum Gasteiger partial charge on any atom is -0.494 e. The molecule has 0 aliphatic heterocycles. The number of nitrogens with one attached hydrogen (secondary N) is 1. The van der Waals surface area contributed by atoms with E-state index in [-0.39, 0.29) is 6.03 Å². The number of benzene rings is 1. The van der Waals surface area contributed by atoms with E-state index in [9.17, 15) is 9.90 Å². The minimum absolute atomic E-state index is 0.224. The zero-order chi connectivity index (χ0) is 14.5. The largest absolute Gasteiger partial charge is 0.494 e. The first kappa shape index (κ1) is 14.7. The Morgan fingerprint density at radius 1 is 1.55 bits per heavy atom. The van der Waals surface area contributed by atoms with Crippen LogP contribution in [0.3, 0.4) is 0 Å². The highest BCUT2D eigenvalue weighted by Gasteiger charge is 2.31. The molecule has 1 saturated carbocycles. The number of anilines is 1. The molecule has 5 heteroatoms. The molecule has 0 spiro atoms. The number of hydrogen-bond donors (Lipinski definition) is 2. The molecule has 1 aliphatic carbocycles. The summed E-state index contributed by atoms with van der Waals surface area (Å²) >= 11 is 0. The van der Waals surface area contributed by atoms with E-state index in [1.54, 1.807) is 13.1 Å². The van der Waals surface area contributed by atoms with Crippen LogP contribution in [0, 0.1) is 5.92 Å². The Kier molecular flexibility index (Phi) is 4.84. The maximum Gasteiger partial charge on any atom is 0.321 e. The number of nitrogens with zero attached hydrogens (tertiary/aromatic N) is 1. The van der Waals surface area contributed by atoms with Crippen molar-refractivity contribution in [2.75, 3.05) is 25.5 Å². The lowest BCUT2D eigenvalue weighted by Crippen LogP contribution is -2.37. The molecule has 1 aromatic rings. The average Bonchev–Trinajstić information content (AvgIpc) is 3.23. The number of ether oxygens (including phenoxy) is 1. The maximum atomic E-state index is 12.0. The number of aliphatic hydroxyl groups is 1. The Balaban J connectivity index is 1.87. The molecule has 2 amide bonds. The van der Waals surface area contributed by atoms with Gasteiger partial charge in [0.15, 0.2) is 0 Å².